The number of nitrogens with zero attached hydrogens (tertiary/aromatic N) is 3. The molecule has 6 heteroatoms. The number of rotatable bonds is 2. The summed E-state index contributed by atoms with van der Waals surface area (Å²) in [6.07, 6.45) is 5.19. The Morgan fingerprint density at radius 3 is 3.12 bits per heavy atom. The topological polar surface area (TPSA) is 84.1 Å². The molecule has 1 aromatic heterocycles. The van der Waals surface area contributed by atoms with Crippen molar-refractivity contribution in [2.45, 2.75) is 19.8 Å². The third-order valence-corrected chi connectivity index (χ3v) is 2.95. The van der Waals surface area contributed by atoms with E-state index in [-0.39, 0.29) is 5.91 Å². The van der Waals surface area contributed by atoms with Gasteiger partial charge in [0.05, 0.1) is 12.4 Å². The van der Waals surface area contributed by atoms with E-state index in [0.29, 0.717) is 17.4 Å². The number of carbonyl (C=O) groups is 1. The van der Waals surface area contributed by atoms with E-state index in [0.717, 1.165) is 19.5 Å². The number of carbonyl (C=O) groups excluding carboxylic acids is 1. The van der Waals surface area contributed by atoms with E-state index in [1.807, 2.05) is 4.90 Å². The summed E-state index contributed by atoms with van der Waals surface area (Å²) in [5, 5.41) is 0. The van der Waals surface area contributed by atoms with E-state index in [4.69, 9.17) is 5.84 Å². The summed E-state index contributed by atoms with van der Waals surface area (Å²) in [5.74, 6) is 6.13. The molecule has 3 N–H and O–H groups in total. The second kappa shape index (κ2) is 5.09. The Hall–Kier alpha value is -1.69. The van der Waals surface area contributed by atoms with Crippen LogP contribution in [0.4, 0.5) is 5.82 Å². The molecule has 17 heavy (non-hydrogen) atoms. The second-order valence-corrected chi connectivity index (χ2v) is 4.43. The maximum atomic E-state index is 12.2. The molecule has 0 radical (unpaired) electrons. The standard InChI is InChI=1S/C11H17N5O/c1-8-3-2-4-16(7-8)11(17)9-5-13-6-10(14-9)15-12/h5-6,8H,2-4,7,12H2,1H3,(H,14,15). The van der Waals surface area contributed by atoms with Crippen molar-refractivity contribution in [1.29, 1.82) is 0 Å². The van der Waals surface area contributed by atoms with Gasteiger partial charge in [0, 0.05) is 13.1 Å². The molecule has 1 aliphatic rings. The first kappa shape index (κ1) is 11.8. The van der Waals surface area contributed by atoms with Crippen molar-refractivity contribution in [3.63, 3.8) is 0 Å². The van der Waals surface area contributed by atoms with Crippen LogP contribution in [0.3, 0.4) is 0 Å². The minimum Gasteiger partial charge on any atom is -0.337 e. The summed E-state index contributed by atoms with van der Waals surface area (Å²) >= 11 is 0. The summed E-state index contributed by atoms with van der Waals surface area (Å²) in [6.45, 7) is 3.74. The lowest BCUT2D eigenvalue weighted by Crippen LogP contribution is -2.39. The largest absolute Gasteiger partial charge is 0.337 e. The molecule has 2 heterocycles. The number of piperidine rings is 1. The van der Waals surface area contributed by atoms with Crippen LogP contribution >= 0.6 is 0 Å². The van der Waals surface area contributed by atoms with Gasteiger partial charge in [0.2, 0.25) is 0 Å². The van der Waals surface area contributed by atoms with Crippen molar-refractivity contribution in [2.75, 3.05) is 18.5 Å². The first-order valence-electron chi connectivity index (χ1n) is 5.78. The summed E-state index contributed by atoms with van der Waals surface area (Å²) < 4.78 is 0. The van der Waals surface area contributed by atoms with Crippen LogP contribution in [0, 0.1) is 5.92 Å². The van der Waals surface area contributed by atoms with Gasteiger partial charge in [-0.2, -0.15) is 0 Å². The van der Waals surface area contributed by atoms with Crippen LogP contribution in [0.15, 0.2) is 12.4 Å². The molecule has 0 aromatic carbocycles. The van der Waals surface area contributed by atoms with E-state index < -0.39 is 0 Å². The summed E-state index contributed by atoms with van der Waals surface area (Å²) in [7, 11) is 0. The Bertz CT molecular complexity index is 409. The van der Waals surface area contributed by atoms with Gasteiger partial charge in [0.25, 0.3) is 5.91 Å². The number of amides is 1. The van der Waals surface area contributed by atoms with Crippen molar-refractivity contribution in [3.8, 4) is 0 Å². The van der Waals surface area contributed by atoms with Gasteiger partial charge in [-0.1, -0.05) is 6.92 Å². The van der Waals surface area contributed by atoms with Crippen molar-refractivity contribution >= 4 is 11.7 Å². The van der Waals surface area contributed by atoms with Crippen LogP contribution in [-0.2, 0) is 0 Å². The number of hydrogen-bond acceptors (Lipinski definition) is 5. The van der Waals surface area contributed by atoms with Crippen molar-refractivity contribution in [3.05, 3.63) is 18.1 Å². The van der Waals surface area contributed by atoms with Crippen LogP contribution in [0.25, 0.3) is 0 Å². The molecule has 0 aliphatic carbocycles. The highest BCUT2D eigenvalue weighted by atomic mass is 16.2. The van der Waals surface area contributed by atoms with Crippen LogP contribution in [0.5, 0.6) is 0 Å². The average molecular weight is 235 g/mol. The molecule has 92 valence electrons. The van der Waals surface area contributed by atoms with E-state index in [9.17, 15) is 4.79 Å². The molecular formula is C11H17N5O. The minimum absolute atomic E-state index is 0.0684. The van der Waals surface area contributed by atoms with Gasteiger partial charge in [-0.3, -0.25) is 9.78 Å². The van der Waals surface area contributed by atoms with E-state index >= 15 is 0 Å². The van der Waals surface area contributed by atoms with Gasteiger partial charge in [0.1, 0.15) is 5.69 Å². The summed E-state index contributed by atoms with van der Waals surface area (Å²) in [4.78, 5) is 22.0. The fourth-order valence-corrected chi connectivity index (χ4v) is 2.07. The third-order valence-electron chi connectivity index (χ3n) is 2.95. The number of aromatic nitrogens is 2. The van der Waals surface area contributed by atoms with E-state index in [1.54, 1.807) is 0 Å². The molecule has 1 unspecified atom stereocenters. The van der Waals surface area contributed by atoms with Crippen LogP contribution in [0.2, 0.25) is 0 Å². The average Bonchev–Trinajstić information content (AvgIpc) is 2.38. The van der Waals surface area contributed by atoms with Gasteiger partial charge in [-0.25, -0.2) is 10.8 Å². The molecule has 1 atom stereocenters. The molecule has 1 saturated heterocycles. The van der Waals surface area contributed by atoms with Crippen molar-refractivity contribution in [1.82, 2.24) is 14.9 Å². The lowest BCUT2D eigenvalue weighted by atomic mass is 10.0. The third kappa shape index (κ3) is 2.71. The number of nitrogens with one attached hydrogen (secondary N) is 1. The molecule has 0 saturated carbocycles. The maximum Gasteiger partial charge on any atom is 0.274 e. The Morgan fingerprint density at radius 2 is 2.41 bits per heavy atom. The summed E-state index contributed by atoms with van der Waals surface area (Å²) in [5.41, 5.74) is 2.73. The van der Waals surface area contributed by atoms with E-state index in [1.165, 1.54) is 18.8 Å². The number of nitrogens with two attached hydrogens (primary N) is 1. The SMILES string of the molecule is CC1CCCN(C(=O)c2cncc(NN)n2)C1. The quantitative estimate of drug-likeness (QED) is 0.580. The molecule has 1 amide bonds. The molecule has 2 rings (SSSR count). The predicted octanol–water partition coefficient (Wildman–Crippen LogP) is 0.634. The molecule has 1 aromatic rings. The fourth-order valence-electron chi connectivity index (χ4n) is 2.07. The van der Waals surface area contributed by atoms with Crippen LogP contribution in [0.1, 0.15) is 30.3 Å². The zero-order valence-corrected chi connectivity index (χ0v) is 9.89. The number of likely N-dealkylation sites (tertiary alicyclic amines) is 1. The van der Waals surface area contributed by atoms with E-state index in [2.05, 4.69) is 22.3 Å². The minimum atomic E-state index is -0.0684. The Kier molecular flexibility index (Phi) is 3.53. The number of hydrogen-bond donors (Lipinski definition) is 2. The summed E-state index contributed by atoms with van der Waals surface area (Å²) in [6, 6.07) is 0. The number of nitrogen functional groups attached to an aromatic ring is 1. The lowest BCUT2D eigenvalue weighted by molar-refractivity contribution is 0.0676. The number of anilines is 1. The lowest BCUT2D eigenvalue weighted by Gasteiger charge is -2.30. The molecule has 0 spiro atoms. The van der Waals surface area contributed by atoms with Crippen molar-refractivity contribution in [2.24, 2.45) is 11.8 Å². The second-order valence-electron chi connectivity index (χ2n) is 4.43. The van der Waals surface area contributed by atoms with Crippen molar-refractivity contribution < 1.29 is 4.79 Å². The Labute approximate surface area is 100 Å². The Morgan fingerprint density at radius 1 is 1.59 bits per heavy atom. The molecule has 6 nitrogen and oxygen atoms in total. The highest BCUT2D eigenvalue weighted by molar-refractivity contribution is 5.92. The van der Waals surface area contributed by atoms with Gasteiger partial charge < -0.3 is 10.3 Å². The van der Waals surface area contributed by atoms with Gasteiger partial charge in [-0.15, -0.1) is 0 Å². The number of hydrazine groups is 1. The van der Waals surface area contributed by atoms with Crippen LogP contribution in [-0.4, -0.2) is 33.9 Å². The van der Waals surface area contributed by atoms with Gasteiger partial charge >= 0.3 is 0 Å². The fraction of sp³-hybridized carbons (Fsp3) is 0.545. The van der Waals surface area contributed by atoms with Gasteiger partial charge in [0.15, 0.2) is 5.82 Å². The smallest absolute Gasteiger partial charge is 0.274 e. The normalized spacial score (nSPS) is 20.1. The van der Waals surface area contributed by atoms with Gasteiger partial charge in [-0.05, 0) is 18.8 Å². The zero-order chi connectivity index (χ0) is 12.3. The highest BCUT2D eigenvalue weighted by Gasteiger charge is 2.23. The zero-order valence-electron chi connectivity index (χ0n) is 9.89. The Balaban J connectivity index is 2.12. The predicted molar refractivity (Wildman–Crippen MR) is 64.1 cm³/mol. The maximum absolute atomic E-state index is 12.2. The first-order valence-corrected chi connectivity index (χ1v) is 5.78. The monoisotopic (exact) mass is 235 g/mol. The molecule has 1 aliphatic heterocycles. The molecule has 0 bridgehead atoms. The molecular weight excluding hydrogens is 218 g/mol. The highest BCUT2D eigenvalue weighted by Crippen LogP contribution is 2.17. The first-order chi connectivity index (χ1) is 8.20. The molecule has 1 fully saturated rings. The van der Waals surface area contributed by atoms with Crippen LogP contribution < -0.4 is 11.3 Å².